The number of benzene rings is 1. The molecule has 1 aromatic rings. The molecule has 2 aliphatic heterocycles. The van der Waals surface area contributed by atoms with Gasteiger partial charge in [0.25, 0.3) is 0 Å². The lowest BCUT2D eigenvalue weighted by atomic mass is 10.1. The molecular formula is C22H38IN5O. The van der Waals surface area contributed by atoms with E-state index >= 15 is 0 Å². The summed E-state index contributed by atoms with van der Waals surface area (Å²) in [4.78, 5) is 12.4. The Labute approximate surface area is 193 Å². The standard InChI is InChI=1S/C22H37N5O.HI/c1-4-23-22(24-17-20(3)18-25-12-14-28-15-13-25)27-10-8-26(9-11-27)21-7-5-6-19(2)16-21;/h5-7,16,20H,4,8-15,17-18H2,1-3H3,(H,23,24);1H. The Morgan fingerprint density at radius 3 is 2.52 bits per heavy atom. The predicted molar refractivity (Wildman–Crippen MR) is 133 cm³/mol. The third-order valence-corrected chi connectivity index (χ3v) is 5.51. The Morgan fingerprint density at radius 2 is 1.86 bits per heavy atom. The Hall–Kier alpha value is -1.06. The summed E-state index contributed by atoms with van der Waals surface area (Å²) in [7, 11) is 0. The molecule has 1 aromatic carbocycles. The van der Waals surface area contributed by atoms with Crippen LogP contribution in [0.25, 0.3) is 0 Å². The molecule has 0 saturated carbocycles. The van der Waals surface area contributed by atoms with Gasteiger partial charge >= 0.3 is 0 Å². The van der Waals surface area contributed by atoms with E-state index < -0.39 is 0 Å². The Bertz CT molecular complexity index is 627. The van der Waals surface area contributed by atoms with E-state index in [2.05, 4.69) is 65.1 Å². The molecule has 6 nitrogen and oxygen atoms in total. The van der Waals surface area contributed by atoms with Gasteiger partial charge in [-0.05, 0) is 37.5 Å². The van der Waals surface area contributed by atoms with E-state index in [1.54, 1.807) is 0 Å². The molecule has 0 aromatic heterocycles. The van der Waals surface area contributed by atoms with Crippen molar-refractivity contribution in [3.8, 4) is 0 Å². The van der Waals surface area contributed by atoms with Crippen LogP contribution in [-0.2, 0) is 4.74 Å². The lowest BCUT2D eigenvalue weighted by Gasteiger charge is -2.38. The van der Waals surface area contributed by atoms with E-state index in [1.165, 1.54) is 11.3 Å². The van der Waals surface area contributed by atoms with Crippen molar-refractivity contribution in [1.29, 1.82) is 0 Å². The van der Waals surface area contributed by atoms with Crippen LogP contribution in [0.2, 0.25) is 0 Å². The number of nitrogens with zero attached hydrogens (tertiary/aromatic N) is 4. The lowest BCUT2D eigenvalue weighted by molar-refractivity contribution is 0.0323. The summed E-state index contributed by atoms with van der Waals surface area (Å²) in [6, 6.07) is 8.81. The number of hydrogen-bond donors (Lipinski definition) is 1. The van der Waals surface area contributed by atoms with Crippen LogP contribution >= 0.6 is 24.0 Å². The van der Waals surface area contributed by atoms with Crippen LogP contribution in [0, 0.1) is 12.8 Å². The van der Waals surface area contributed by atoms with Crippen LogP contribution in [0.15, 0.2) is 29.3 Å². The van der Waals surface area contributed by atoms with Gasteiger partial charge in [0.1, 0.15) is 0 Å². The second-order valence-corrected chi connectivity index (χ2v) is 8.03. The molecule has 2 aliphatic rings. The first-order valence-electron chi connectivity index (χ1n) is 10.8. The Morgan fingerprint density at radius 1 is 1.14 bits per heavy atom. The van der Waals surface area contributed by atoms with Crippen molar-refractivity contribution in [3.63, 3.8) is 0 Å². The molecule has 0 radical (unpaired) electrons. The minimum Gasteiger partial charge on any atom is -0.379 e. The molecule has 3 rings (SSSR count). The van der Waals surface area contributed by atoms with Gasteiger partial charge in [-0.15, -0.1) is 24.0 Å². The highest BCUT2D eigenvalue weighted by Crippen LogP contribution is 2.18. The molecular weight excluding hydrogens is 477 g/mol. The number of anilines is 1. The number of nitrogens with one attached hydrogen (secondary N) is 1. The van der Waals surface area contributed by atoms with Gasteiger partial charge in [0.15, 0.2) is 5.96 Å². The minimum atomic E-state index is 0. The van der Waals surface area contributed by atoms with E-state index in [0.29, 0.717) is 5.92 Å². The van der Waals surface area contributed by atoms with E-state index in [-0.39, 0.29) is 24.0 Å². The van der Waals surface area contributed by atoms with Crippen molar-refractivity contribution in [2.24, 2.45) is 10.9 Å². The van der Waals surface area contributed by atoms with Gasteiger partial charge in [-0.3, -0.25) is 9.89 Å². The van der Waals surface area contributed by atoms with Crippen molar-refractivity contribution >= 4 is 35.6 Å². The number of piperazine rings is 1. The molecule has 2 heterocycles. The number of rotatable bonds is 6. The van der Waals surface area contributed by atoms with E-state index in [4.69, 9.17) is 9.73 Å². The molecule has 0 spiro atoms. The van der Waals surface area contributed by atoms with Crippen LogP contribution in [0.1, 0.15) is 19.4 Å². The van der Waals surface area contributed by atoms with Gasteiger partial charge in [-0.1, -0.05) is 19.1 Å². The first-order valence-corrected chi connectivity index (χ1v) is 10.8. The highest BCUT2D eigenvalue weighted by molar-refractivity contribution is 14.0. The van der Waals surface area contributed by atoms with E-state index in [0.717, 1.165) is 78.1 Å². The summed E-state index contributed by atoms with van der Waals surface area (Å²) < 4.78 is 5.45. The molecule has 2 saturated heterocycles. The molecule has 7 heteroatoms. The SMILES string of the molecule is CCNC(=NCC(C)CN1CCOCC1)N1CCN(c2cccc(C)c2)CC1.I. The quantitative estimate of drug-likeness (QED) is 0.359. The summed E-state index contributed by atoms with van der Waals surface area (Å²) >= 11 is 0. The van der Waals surface area contributed by atoms with Crippen LogP contribution in [-0.4, -0.2) is 87.9 Å². The average Bonchev–Trinajstić information content (AvgIpc) is 2.72. The van der Waals surface area contributed by atoms with Crippen molar-refractivity contribution in [2.75, 3.05) is 77.0 Å². The van der Waals surface area contributed by atoms with Crippen molar-refractivity contribution in [2.45, 2.75) is 20.8 Å². The second kappa shape index (κ2) is 12.6. The van der Waals surface area contributed by atoms with Crippen LogP contribution < -0.4 is 10.2 Å². The summed E-state index contributed by atoms with van der Waals surface area (Å²) in [6.45, 7) is 17.4. The Balaban J connectivity index is 0.00000300. The van der Waals surface area contributed by atoms with Gasteiger partial charge in [-0.2, -0.15) is 0 Å². The van der Waals surface area contributed by atoms with Crippen LogP contribution in [0.5, 0.6) is 0 Å². The predicted octanol–water partition coefficient (Wildman–Crippen LogP) is 2.67. The summed E-state index contributed by atoms with van der Waals surface area (Å²) in [5, 5.41) is 3.50. The molecule has 0 amide bonds. The summed E-state index contributed by atoms with van der Waals surface area (Å²) in [6.07, 6.45) is 0. The first-order chi connectivity index (χ1) is 13.7. The van der Waals surface area contributed by atoms with Gasteiger partial charge in [0, 0.05) is 64.6 Å². The topological polar surface area (TPSA) is 43.3 Å². The zero-order valence-electron chi connectivity index (χ0n) is 18.3. The number of ether oxygens (including phenoxy) is 1. The molecule has 164 valence electrons. The van der Waals surface area contributed by atoms with Crippen molar-refractivity contribution < 1.29 is 4.74 Å². The van der Waals surface area contributed by atoms with Crippen molar-refractivity contribution in [1.82, 2.24) is 15.1 Å². The maximum Gasteiger partial charge on any atom is 0.194 e. The fraction of sp³-hybridized carbons (Fsp3) is 0.682. The molecule has 0 bridgehead atoms. The highest BCUT2D eigenvalue weighted by atomic mass is 127. The normalized spacial score (nSPS) is 19.6. The fourth-order valence-electron chi connectivity index (χ4n) is 3.95. The molecule has 2 fully saturated rings. The average molecular weight is 515 g/mol. The lowest BCUT2D eigenvalue weighted by Crippen LogP contribution is -2.52. The largest absolute Gasteiger partial charge is 0.379 e. The van der Waals surface area contributed by atoms with E-state index in [9.17, 15) is 0 Å². The number of aryl methyl sites for hydroxylation is 1. The molecule has 0 aliphatic carbocycles. The van der Waals surface area contributed by atoms with Crippen LogP contribution in [0.3, 0.4) is 0 Å². The molecule has 1 unspecified atom stereocenters. The maximum atomic E-state index is 5.45. The number of morpholine rings is 1. The molecule has 1 atom stereocenters. The second-order valence-electron chi connectivity index (χ2n) is 8.03. The zero-order chi connectivity index (χ0) is 19.8. The number of guanidine groups is 1. The zero-order valence-corrected chi connectivity index (χ0v) is 20.6. The Kier molecular flexibility index (Phi) is 10.5. The minimum absolute atomic E-state index is 0. The summed E-state index contributed by atoms with van der Waals surface area (Å²) in [5.74, 6) is 1.63. The van der Waals surface area contributed by atoms with Crippen molar-refractivity contribution in [3.05, 3.63) is 29.8 Å². The monoisotopic (exact) mass is 515 g/mol. The highest BCUT2D eigenvalue weighted by Gasteiger charge is 2.20. The van der Waals surface area contributed by atoms with Gasteiger partial charge in [-0.25, -0.2) is 0 Å². The fourth-order valence-corrected chi connectivity index (χ4v) is 3.95. The smallest absolute Gasteiger partial charge is 0.194 e. The number of hydrogen-bond acceptors (Lipinski definition) is 4. The maximum absolute atomic E-state index is 5.45. The molecule has 29 heavy (non-hydrogen) atoms. The number of aliphatic imine (C=N–C) groups is 1. The van der Waals surface area contributed by atoms with Gasteiger partial charge in [0.2, 0.25) is 0 Å². The third-order valence-electron chi connectivity index (χ3n) is 5.51. The van der Waals surface area contributed by atoms with Gasteiger partial charge in [0.05, 0.1) is 13.2 Å². The number of halogens is 1. The molecule has 1 N–H and O–H groups in total. The third kappa shape index (κ3) is 7.61. The summed E-state index contributed by atoms with van der Waals surface area (Å²) in [5.41, 5.74) is 2.66. The first kappa shape index (κ1) is 24.2. The van der Waals surface area contributed by atoms with Crippen LogP contribution in [0.4, 0.5) is 5.69 Å². The van der Waals surface area contributed by atoms with Gasteiger partial charge < -0.3 is 19.9 Å². The van der Waals surface area contributed by atoms with E-state index in [1.807, 2.05) is 0 Å².